The Morgan fingerprint density at radius 3 is 2.07 bits per heavy atom. The zero-order valence-electron chi connectivity index (χ0n) is 21.0. The largest absolute Gasteiger partial charge is 0.417 e. The van der Waals surface area contributed by atoms with Crippen molar-refractivity contribution in [2.75, 3.05) is 5.32 Å². The fourth-order valence-corrected chi connectivity index (χ4v) is 4.89. The molecule has 1 unspecified atom stereocenters. The maximum atomic E-state index is 14.0. The predicted octanol–water partition coefficient (Wildman–Crippen LogP) is 8.50. The SMILES string of the molecule is O=C(Nc1ccc(F)c(CI)c1)NC(Cc1ccccc1)(c1cccc(C(F)(F)F)c1)c1ccc(C(F)(F)F)cn1. The summed E-state index contributed by atoms with van der Waals surface area (Å²) in [6.07, 6.45) is -9.06. The summed E-state index contributed by atoms with van der Waals surface area (Å²) in [7, 11) is 0. The number of aromatic nitrogens is 1. The van der Waals surface area contributed by atoms with Gasteiger partial charge < -0.3 is 10.6 Å². The van der Waals surface area contributed by atoms with Crippen molar-refractivity contribution in [3.63, 3.8) is 0 Å². The summed E-state index contributed by atoms with van der Waals surface area (Å²) in [5.74, 6) is -0.485. The molecule has 0 fully saturated rings. The molecule has 0 saturated heterocycles. The highest BCUT2D eigenvalue weighted by Gasteiger charge is 2.41. The molecule has 41 heavy (non-hydrogen) atoms. The summed E-state index contributed by atoms with van der Waals surface area (Å²) in [5.41, 5.74) is -3.08. The van der Waals surface area contributed by atoms with Gasteiger partial charge in [-0.2, -0.15) is 26.3 Å². The van der Waals surface area contributed by atoms with Gasteiger partial charge in [0.1, 0.15) is 11.4 Å². The predicted molar refractivity (Wildman–Crippen MR) is 148 cm³/mol. The molecule has 0 radical (unpaired) electrons. The van der Waals surface area contributed by atoms with E-state index in [-0.39, 0.29) is 23.4 Å². The third-order valence-corrected chi connectivity index (χ3v) is 7.12. The van der Waals surface area contributed by atoms with Crippen LogP contribution in [0.5, 0.6) is 0 Å². The monoisotopic (exact) mass is 687 g/mol. The molecule has 0 aliphatic carbocycles. The first-order valence-corrected chi connectivity index (χ1v) is 13.5. The Morgan fingerprint density at radius 2 is 1.46 bits per heavy atom. The quantitative estimate of drug-likeness (QED) is 0.116. The van der Waals surface area contributed by atoms with Crippen LogP contribution in [0.4, 0.5) is 41.2 Å². The molecule has 3 aromatic carbocycles. The van der Waals surface area contributed by atoms with E-state index in [4.69, 9.17) is 0 Å². The summed E-state index contributed by atoms with van der Waals surface area (Å²) >= 11 is 1.95. The lowest BCUT2D eigenvalue weighted by Gasteiger charge is -2.36. The molecule has 2 amide bonds. The van der Waals surface area contributed by atoms with Gasteiger partial charge in [0.15, 0.2) is 0 Å². The van der Waals surface area contributed by atoms with Crippen molar-refractivity contribution in [1.29, 1.82) is 0 Å². The number of carbonyl (C=O) groups excluding carboxylic acids is 1. The Morgan fingerprint density at radius 1 is 0.780 bits per heavy atom. The Bertz CT molecular complexity index is 1510. The Labute approximate surface area is 244 Å². The molecule has 4 aromatic rings. The molecule has 2 N–H and O–H groups in total. The minimum atomic E-state index is -4.74. The van der Waals surface area contributed by atoms with E-state index in [0.29, 0.717) is 21.8 Å². The average Bonchev–Trinajstić information content (AvgIpc) is 2.93. The van der Waals surface area contributed by atoms with E-state index in [2.05, 4.69) is 15.6 Å². The number of anilines is 1. The van der Waals surface area contributed by atoms with Crippen LogP contribution in [0.1, 0.15) is 33.5 Å². The van der Waals surface area contributed by atoms with Gasteiger partial charge in [-0.05, 0) is 59.2 Å². The lowest BCUT2D eigenvalue weighted by molar-refractivity contribution is -0.138. The van der Waals surface area contributed by atoms with E-state index in [9.17, 15) is 35.5 Å². The molecular weight excluding hydrogens is 666 g/mol. The molecule has 0 saturated carbocycles. The van der Waals surface area contributed by atoms with Crippen molar-refractivity contribution in [1.82, 2.24) is 10.3 Å². The molecule has 4 nitrogen and oxygen atoms in total. The molecule has 0 aliphatic rings. The number of benzene rings is 3. The highest BCUT2D eigenvalue weighted by atomic mass is 127. The van der Waals surface area contributed by atoms with Gasteiger partial charge in [-0.15, -0.1) is 0 Å². The van der Waals surface area contributed by atoms with Crippen molar-refractivity contribution in [3.8, 4) is 0 Å². The van der Waals surface area contributed by atoms with E-state index in [1.54, 1.807) is 30.3 Å². The van der Waals surface area contributed by atoms with Crippen molar-refractivity contribution in [2.45, 2.75) is 28.7 Å². The van der Waals surface area contributed by atoms with Gasteiger partial charge in [0.05, 0.1) is 16.8 Å². The van der Waals surface area contributed by atoms with Gasteiger partial charge in [0.2, 0.25) is 0 Å². The van der Waals surface area contributed by atoms with Crippen LogP contribution in [0.2, 0.25) is 0 Å². The van der Waals surface area contributed by atoms with Crippen molar-refractivity contribution in [3.05, 3.63) is 130 Å². The van der Waals surface area contributed by atoms with Crippen molar-refractivity contribution < 1.29 is 35.5 Å². The molecule has 1 aromatic heterocycles. The van der Waals surface area contributed by atoms with E-state index in [1.165, 1.54) is 18.2 Å². The van der Waals surface area contributed by atoms with Crippen LogP contribution in [-0.2, 0) is 28.7 Å². The number of amides is 2. The second kappa shape index (κ2) is 12.0. The maximum Gasteiger partial charge on any atom is 0.417 e. The molecule has 0 aliphatic heterocycles. The minimum absolute atomic E-state index is 0.0642. The third kappa shape index (κ3) is 7.16. The fourth-order valence-electron chi connectivity index (χ4n) is 4.31. The van der Waals surface area contributed by atoms with Crippen LogP contribution in [0, 0.1) is 5.82 Å². The van der Waals surface area contributed by atoms with Gasteiger partial charge >= 0.3 is 18.4 Å². The normalized spacial score (nSPS) is 13.4. The first-order chi connectivity index (χ1) is 19.3. The van der Waals surface area contributed by atoms with Crippen LogP contribution >= 0.6 is 22.6 Å². The number of hydrogen-bond acceptors (Lipinski definition) is 2. The van der Waals surface area contributed by atoms with Gasteiger partial charge in [-0.25, -0.2) is 9.18 Å². The lowest BCUT2D eigenvalue weighted by Crippen LogP contribution is -2.50. The molecule has 0 bridgehead atoms. The first kappa shape index (κ1) is 30.3. The summed E-state index contributed by atoms with van der Waals surface area (Å²) in [4.78, 5) is 17.4. The Balaban J connectivity index is 1.88. The standard InChI is InChI=1S/C29H21F7IN3O/c30-24-11-10-23(13-19(24)16-37)39-26(41)40-27(15-18-5-2-1-3-6-18,20-7-4-8-21(14-20)28(31,32)33)25-12-9-22(17-38-25)29(34,35)36/h1-14,17H,15-16H2,(H2,39,40,41). The minimum Gasteiger partial charge on any atom is -0.322 e. The van der Waals surface area contributed by atoms with Gasteiger partial charge in [0, 0.05) is 22.7 Å². The number of nitrogens with one attached hydrogen (secondary N) is 2. The Kier molecular flexibility index (Phi) is 8.90. The molecule has 1 heterocycles. The van der Waals surface area contributed by atoms with Gasteiger partial charge in [-0.1, -0.05) is 65.1 Å². The van der Waals surface area contributed by atoms with Crippen molar-refractivity contribution >= 4 is 34.3 Å². The Hall–Kier alpha value is -3.68. The van der Waals surface area contributed by atoms with Crippen LogP contribution < -0.4 is 10.6 Å². The lowest BCUT2D eigenvalue weighted by atomic mass is 9.79. The summed E-state index contributed by atoms with van der Waals surface area (Å²) < 4.78 is 95.6. The van der Waals surface area contributed by atoms with E-state index in [0.717, 1.165) is 36.4 Å². The fraction of sp³-hybridized carbons (Fsp3) is 0.172. The first-order valence-electron chi connectivity index (χ1n) is 12.0. The zero-order chi connectivity index (χ0) is 29.8. The average molecular weight is 687 g/mol. The van der Waals surface area contributed by atoms with Crippen molar-refractivity contribution in [2.24, 2.45) is 0 Å². The smallest absolute Gasteiger partial charge is 0.322 e. The molecular formula is C29H21F7IN3O. The number of carbonyl (C=O) groups is 1. The summed E-state index contributed by atoms with van der Waals surface area (Å²) in [6, 6.07) is 17.3. The molecule has 4 rings (SSSR count). The molecule has 12 heteroatoms. The second-order valence-corrected chi connectivity index (χ2v) is 9.86. The highest BCUT2D eigenvalue weighted by molar-refractivity contribution is 14.1. The second-order valence-electron chi connectivity index (χ2n) is 9.10. The maximum absolute atomic E-state index is 14.0. The molecule has 214 valence electrons. The highest BCUT2D eigenvalue weighted by Crippen LogP contribution is 2.38. The zero-order valence-corrected chi connectivity index (χ0v) is 23.1. The number of pyridine rings is 1. The number of alkyl halides is 7. The van der Waals surface area contributed by atoms with E-state index >= 15 is 0 Å². The number of rotatable bonds is 7. The van der Waals surface area contributed by atoms with Gasteiger partial charge in [-0.3, -0.25) is 4.98 Å². The van der Waals surface area contributed by atoms with Gasteiger partial charge in [0.25, 0.3) is 0 Å². The number of hydrogen-bond donors (Lipinski definition) is 2. The molecule has 1 atom stereocenters. The summed E-state index contributed by atoms with van der Waals surface area (Å²) in [6.45, 7) is 0. The number of halogens is 8. The van der Waals surface area contributed by atoms with Crippen LogP contribution in [0.3, 0.4) is 0 Å². The van der Waals surface area contributed by atoms with E-state index < -0.39 is 40.9 Å². The molecule has 0 spiro atoms. The van der Waals surface area contributed by atoms with Crippen LogP contribution in [-0.4, -0.2) is 11.0 Å². The summed E-state index contributed by atoms with van der Waals surface area (Å²) in [5, 5.41) is 5.25. The van der Waals surface area contributed by atoms with E-state index in [1.807, 2.05) is 22.6 Å². The van der Waals surface area contributed by atoms with Crippen LogP contribution in [0.25, 0.3) is 0 Å². The number of nitrogens with zero attached hydrogens (tertiary/aromatic N) is 1. The third-order valence-electron chi connectivity index (χ3n) is 6.30. The van der Waals surface area contributed by atoms with Crippen LogP contribution in [0.15, 0.2) is 91.1 Å². The number of urea groups is 1. The topological polar surface area (TPSA) is 54.0 Å².